The van der Waals surface area contributed by atoms with Gasteiger partial charge in [0.05, 0.1) is 5.92 Å². The van der Waals surface area contributed by atoms with Gasteiger partial charge in [0.15, 0.2) is 0 Å². The first-order chi connectivity index (χ1) is 8.50. The summed E-state index contributed by atoms with van der Waals surface area (Å²) in [6, 6.07) is 4.23. The van der Waals surface area contributed by atoms with E-state index in [1.165, 1.54) is 4.88 Å². The van der Waals surface area contributed by atoms with Gasteiger partial charge in [0.2, 0.25) is 5.91 Å². The van der Waals surface area contributed by atoms with Crippen LogP contribution in [0.5, 0.6) is 0 Å². The molecule has 18 heavy (non-hydrogen) atoms. The van der Waals surface area contributed by atoms with Crippen molar-refractivity contribution in [2.45, 2.75) is 44.6 Å². The fraction of sp³-hybridized carbons (Fsp3) is 0.643. The average molecular weight is 266 g/mol. The smallest absolute Gasteiger partial charge is 0.224 e. The predicted molar refractivity (Wildman–Crippen MR) is 75.7 cm³/mol. The number of amides is 1. The zero-order chi connectivity index (χ0) is 13.2. The molecule has 3 nitrogen and oxygen atoms in total. The third kappa shape index (κ3) is 2.93. The standard InChI is InChI=1S/C14H22N2OS/c1-14(2,12-7-4-8-18-12)9-16-13(17)10-5-3-6-11(10)15/h4,7-8,10-11H,3,5-6,9,15H2,1-2H3,(H,16,17). The fourth-order valence-corrected chi connectivity index (χ4v) is 3.36. The maximum absolute atomic E-state index is 12.1. The van der Waals surface area contributed by atoms with Crippen molar-refractivity contribution in [2.24, 2.45) is 11.7 Å². The molecule has 1 aromatic heterocycles. The minimum absolute atomic E-state index is 0.00741. The highest BCUT2D eigenvalue weighted by molar-refractivity contribution is 7.10. The summed E-state index contributed by atoms with van der Waals surface area (Å²) in [6.07, 6.45) is 2.99. The number of carbonyl (C=O) groups excluding carboxylic acids is 1. The SMILES string of the molecule is CC(C)(CNC(=O)C1CCCC1N)c1cccs1. The topological polar surface area (TPSA) is 55.1 Å². The van der Waals surface area contributed by atoms with Crippen molar-refractivity contribution in [3.05, 3.63) is 22.4 Å². The maximum atomic E-state index is 12.1. The van der Waals surface area contributed by atoms with Gasteiger partial charge in [-0.1, -0.05) is 26.3 Å². The highest BCUT2D eigenvalue weighted by Crippen LogP contribution is 2.28. The Morgan fingerprint density at radius 3 is 2.89 bits per heavy atom. The van der Waals surface area contributed by atoms with E-state index in [1.807, 2.05) is 0 Å². The van der Waals surface area contributed by atoms with Gasteiger partial charge in [-0.3, -0.25) is 4.79 Å². The molecular weight excluding hydrogens is 244 g/mol. The van der Waals surface area contributed by atoms with Gasteiger partial charge in [0.25, 0.3) is 0 Å². The van der Waals surface area contributed by atoms with Crippen LogP contribution in [0.25, 0.3) is 0 Å². The van der Waals surface area contributed by atoms with Crippen LogP contribution in [-0.4, -0.2) is 18.5 Å². The molecule has 1 saturated carbocycles. The van der Waals surface area contributed by atoms with E-state index < -0.39 is 0 Å². The molecule has 0 radical (unpaired) electrons. The molecular formula is C14H22N2OS. The lowest BCUT2D eigenvalue weighted by Gasteiger charge is -2.25. The van der Waals surface area contributed by atoms with Crippen LogP contribution in [0.1, 0.15) is 38.0 Å². The molecule has 1 amide bonds. The van der Waals surface area contributed by atoms with Crippen LogP contribution in [0, 0.1) is 5.92 Å². The van der Waals surface area contributed by atoms with Crippen molar-refractivity contribution in [2.75, 3.05) is 6.54 Å². The third-order valence-corrected chi connectivity index (χ3v) is 5.03. The molecule has 0 bridgehead atoms. The van der Waals surface area contributed by atoms with Gasteiger partial charge >= 0.3 is 0 Å². The molecule has 1 heterocycles. The molecule has 0 saturated heterocycles. The molecule has 1 aromatic rings. The number of rotatable bonds is 4. The summed E-state index contributed by atoms with van der Waals surface area (Å²) in [5.41, 5.74) is 5.95. The van der Waals surface area contributed by atoms with Crippen molar-refractivity contribution in [1.29, 1.82) is 0 Å². The number of hydrogen-bond acceptors (Lipinski definition) is 3. The second-order valence-electron chi connectivity index (χ2n) is 5.78. The molecule has 100 valence electrons. The summed E-state index contributed by atoms with van der Waals surface area (Å²) in [5, 5.41) is 5.15. The van der Waals surface area contributed by atoms with Crippen LogP contribution in [0.2, 0.25) is 0 Å². The Bertz CT molecular complexity index is 400. The van der Waals surface area contributed by atoms with Gasteiger partial charge in [-0.2, -0.15) is 0 Å². The maximum Gasteiger partial charge on any atom is 0.224 e. The minimum Gasteiger partial charge on any atom is -0.355 e. The summed E-state index contributed by atoms with van der Waals surface area (Å²) < 4.78 is 0. The first-order valence-electron chi connectivity index (χ1n) is 6.58. The van der Waals surface area contributed by atoms with Gasteiger partial charge in [-0.25, -0.2) is 0 Å². The van der Waals surface area contributed by atoms with Crippen molar-refractivity contribution in [1.82, 2.24) is 5.32 Å². The van der Waals surface area contributed by atoms with Crippen LogP contribution in [0.15, 0.2) is 17.5 Å². The van der Waals surface area contributed by atoms with Crippen LogP contribution in [-0.2, 0) is 10.2 Å². The second-order valence-corrected chi connectivity index (χ2v) is 6.73. The summed E-state index contributed by atoms with van der Waals surface area (Å²) >= 11 is 1.74. The molecule has 4 heteroatoms. The van der Waals surface area contributed by atoms with E-state index in [9.17, 15) is 4.79 Å². The van der Waals surface area contributed by atoms with Gasteiger partial charge in [-0.15, -0.1) is 11.3 Å². The number of nitrogens with two attached hydrogens (primary N) is 1. The second kappa shape index (κ2) is 5.41. The van der Waals surface area contributed by atoms with E-state index >= 15 is 0 Å². The van der Waals surface area contributed by atoms with E-state index in [-0.39, 0.29) is 23.3 Å². The van der Waals surface area contributed by atoms with Crippen LogP contribution in [0.4, 0.5) is 0 Å². The lowest BCUT2D eigenvalue weighted by molar-refractivity contribution is -0.125. The van der Waals surface area contributed by atoms with Gasteiger partial charge in [-0.05, 0) is 24.3 Å². The Morgan fingerprint density at radius 2 is 2.33 bits per heavy atom. The highest BCUT2D eigenvalue weighted by atomic mass is 32.1. The molecule has 0 aliphatic heterocycles. The van der Waals surface area contributed by atoms with E-state index in [2.05, 4.69) is 36.7 Å². The fourth-order valence-electron chi connectivity index (χ4n) is 2.50. The molecule has 1 aliphatic rings. The lowest BCUT2D eigenvalue weighted by atomic mass is 9.91. The molecule has 1 fully saturated rings. The number of nitrogens with one attached hydrogen (secondary N) is 1. The Hall–Kier alpha value is -0.870. The molecule has 0 spiro atoms. The van der Waals surface area contributed by atoms with Crippen LogP contribution >= 0.6 is 11.3 Å². The summed E-state index contributed by atoms with van der Waals surface area (Å²) in [5.74, 6) is 0.147. The zero-order valence-corrected chi connectivity index (χ0v) is 11.9. The first-order valence-corrected chi connectivity index (χ1v) is 7.46. The third-order valence-electron chi connectivity index (χ3n) is 3.80. The van der Waals surface area contributed by atoms with Crippen molar-refractivity contribution < 1.29 is 4.79 Å². The number of hydrogen-bond donors (Lipinski definition) is 2. The van der Waals surface area contributed by atoms with Crippen molar-refractivity contribution in [3.8, 4) is 0 Å². The largest absolute Gasteiger partial charge is 0.355 e. The van der Waals surface area contributed by atoms with E-state index in [0.29, 0.717) is 6.54 Å². The first kappa shape index (κ1) is 13.6. The molecule has 2 atom stereocenters. The Balaban J connectivity index is 1.89. The van der Waals surface area contributed by atoms with Crippen LogP contribution in [0.3, 0.4) is 0 Å². The predicted octanol–water partition coefficient (Wildman–Crippen LogP) is 2.27. The Morgan fingerprint density at radius 1 is 1.56 bits per heavy atom. The summed E-state index contributed by atoms with van der Waals surface area (Å²) in [7, 11) is 0. The monoisotopic (exact) mass is 266 g/mol. The molecule has 0 aromatic carbocycles. The van der Waals surface area contributed by atoms with Crippen molar-refractivity contribution >= 4 is 17.2 Å². The summed E-state index contributed by atoms with van der Waals surface area (Å²) in [4.78, 5) is 13.4. The normalized spacial score (nSPS) is 24.2. The Labute approximate surface area is 113 Å². The highest BCUT2D eigenvalue weighted by Gasteiger charge is 2.31. The van der Waals surface area contributed by atoms with Crippen molar-refractivity contribution in [3.63, 3.8) is 0 Å². The zero-order valence-electron chi connectivity index (χ0n) is 11.1. The van der Waals surface area contributed by atoms with Gasteiger partial charge in [0.1, 0.15) is 0 Å². The Kier molecular flexibility index (Phi) is 4.07. The van der Waals surface area contributed by atoms with Crippen LogP contribution < -0.4 is 11.1 Å². The van der Waals surface area contributed by atoms with Gasteiger partial charge in [0, 0.05) is 22.9 Å². The van der Waals surface area contributed by atoms with E-state index in [4.69, 9.17) is 5.73 Å². The molecule has 1 aliphatic carbocycles. The number of carbonyl (C=O) groups is 1. The average Bonchev–Trinajstić information content (AvgIpc) is 2.96. The lowest BCUT2D eigenvalue weighted by Crippen LogP contribution is -2.43. The molecule has 2 rings (SSSR count). The van der Waals surface area contributed by atoms with E-state index in [0.717, 1.165) is 19.3 Å². The van der Waals surface area contributed by atoms with Gasteiger partial charge < -0.3 is 11.1 Å². The minimum atomic E-state index is -0.00741. The molecule has 3 N–H and O–H groups in total. The summed E-state index contributed by atoms with van der Waals surface area (Å²) in [6.45, 7) is 5.00. The van der Waals surface area contributed by atoms with E-state index in [1.54, 1.807) is 11.3 Å². The molecule has 2 unspecified atom stereocenters. The quantitative estimate of drug-likeness (QED) is 0.878. The number of thiophene rings is 1.